The van der Waals surface area contributed by atoms with Crippen molar-refractivity contribution in [3.05, 3.63) is 102 Å². The van der Waals surface area contributed by atoms with E-state index in [0.29, 0.717) is 11.3 Å². The first-order valence-electron chi connectivity index (χ1n) is 8.68. The zero-order chi connectivity index (χ0) is 18.6. The molecule has 3 aromatic carbocycles. The molecule has 1 aliphatic rings. The summed E-state index contributed by atoms with van der Waals surface area (Å²) < 4.78 is 0. The van der Waals surface area contributed by atoms with Gasteiger partial charge in [0, 0.05) is 24.0 Å². The molecule has 0 saturated heterocycles. The molecule has 0 amide bonds. The molecule has 132 valence electrons. The number of nitrogens with zero attached hydrogens (tertiary/aromatic N) is 2. The van der Waals surface area contributed by atoms with Crippen molar-refractivity contribution in [3.63, 3.8) is 0 Å². The van der Waals surface area contributed by atoms with E-state index >= 15 is 0 Å². The van der Waals surface area contributed by atoms with Crippen LogP contribution >= 0.6 is 0 Å². The number of carbonyl (C=O) groups excluding carboxylic acids is 1. The number of rotatable bonds is 4. The standard InChI is InChI=1S/C23H18N2O2/c1-25(19-10-6-3-7-11-19)20-14-12-17(13-15-20)16-21-22(24-27-23(21)26)18-8-4-2-5-9-18/h2-16H,1H3/b21-16-. The van der Waals surface area contributed by atoms with Gasteiger partial charge in [-0.25, -0.2) is 4.79 Å². The summed E-state index contributed by atoms with van der Waals surface area (Å²) in [5.41, 5.74) is 4.97. The van der Waals surface area contributed by atoms with Crippen molar-refractivity contribution in [3.8, 4) is 0 Å². The fourth-order valence-electron chi connectivity index (χ4n) is 2.98. The molecular formula is C23H18N2O2. The minimum Gasteiger partial charge on any atom is -0.345 e. The summed E-state index contributed by atoms with van der Waals surface area (Å²) in [5, 5.41) is 3.94. The van der Waals surface area contributed by atoms with Gasteiger partial charge in [-0.2, -0.15) is 0 Å². The summed E-state index contributed by atoms with van der Waals surface area (Å²) in [6, 6.07) is 27.7. The molecule has 0 spiro atoms. The van der Waals surface area contributed by atoms with Crippen LogP contribution in [0.15, 0.2) is 95.7 Å². The Hall–Kier alpha value is -3.66. The molecule has 4 heteroatoms. The highest BCUT2D eigenvalue weighted by Crippen LogP contribution is 2.25. The van der Waals surface area contributed by atoms with Crippen LogP contribution < -0.4 is 4.90 Å². The summed E-state index contributed by atoms with van der Waals surface area (Å²) >= 11 is 0. The molecule has 0 atom stereocenters. The van der Waals surface area contributed by atoms with E-state index in [-0.39, 0.29) is 0 Å². The lowest BCUT2D eigenvalue weighted by atomic mass is 10.0. The summed E-state index contributed by atoms with van der Waals surface area (Å²) in [5.74, 6) is -0.431. The number of anilines is 2. The molecule has 0 fully saturated rings. The first-order valence-corrected chi connectivity index (χ1v) is 8.68. The van der Waals surface area contributed by atoms with E-state index in [2.05, 4.69) is 22.2 Å². The second-order valence-corrected chi connectivity index (χ2v) is 6.23. The zero-order valence-corrected chi connectivity index (χ0v) is 14.9. The molecule has 3 aromatic rings. The molecule has 0 radical (unpaired) electrons. The molecule has 0 aromatic heterocycles. The lowest BCUT2D eigenvalue weighted by Crippen LogP contribution is -2.09. The summed E-state index contributed by atoms with van der Waals surface area (Å²) in [7, 11) is 2.03. The van der Waals surface area contributed by atoms with E-state index in [4.69, 9.17) is 4.84 Å². The molecule has 4 rings (SSSR count). The van der Waals surface area contributed by atoms with Crippen molar-refractivity contribution in [2.45, 2.75) is 0 Å². The number of oxime groups is 1. The summed E-state index contributed by atoms with van der Waals surface area (Å²) in [4.78, 5) is 19.1. The molecule has 4 nitrogen and oxygen atoms in total. The van der Waals surface area contributed by atoms with Crippen molar-refractivity contribution in [2.75, 3.05) is 11.9 Å². The summed E-state index contributed by atoms with van der Waals surface area (Å²) in [6.45, 7) is 0. The van der Waals surface area contributed by atoms with E-state index < -0.39 is 5.97 Å². The van der Waals surface area contributed by atoms with Crippen LogP contribution in [0.25, 0.3) is 6.08 Å². The molecule has 27 heavy (non-hydrogen) atoms. The number of hydrogen-bond donors (Lipinski definition) is 0. The van der Waals surface area contributed by atoms with Gasteiger partial charge in [0.25, 0.3) is 0 Å². The van der Waals surface area contributed by atoms with Gasteiger partial charge >= 0.3 is 5.97 Å². The van der Waals surface area contributed by atoms with Gasteiger partial charge in [0.05, 0.1) is 5.57 Å². The minimum absolute atomic E-state index is 0.431. The molecule has 0 aliphatic carbocycles. The Balaban J connectivity index is 1.60. The average molecular weight is 354 g/mol. The number of carbonyl (C=O) groups is 1. The second-order valence-electron chi connectivity index (χ2n) is 6.23. The molecular weight excluding hydrogens is 336 g/mol. The quantitative estimate of drug-likeness (QED) is 0.499. The van der Waals surface area contributed by atoms with Crippen LogP contribution in [0.4, 0.5) is 11.4 Å². The Morgan fingerprint density at radius 3 is 2.07 bits per heavy atom. The van der Waals surface area contributed by atoms with Crippen LogP contribution in [0.3, 0.4) is 0 Å². The van der Waals surface area contributed by atoms with Crippen molar-refractivity contribution < 1.29 is 9.63 Å². The second kappa shape index (κ2) is 7.30. The molecule has 1 aliphatic heterocycles. The van der Waals surface area contributed by atoms with Gasteiger partial charge in [-0.05, 0) is 35.9 Å². The van der Waals surface area contributed by atoms with Gasteiger partial charge in [0.1, 0.15) is 5.71 Å². The van der Waals surface area contributed by atoms with Gasteiger partial charge in [-0.15, -0.1) is 0 Å². The summed E-state index contributed by atoms with van der Waals surface area (Å²) in [6.07, 6.45) is 1.81. The van der Waals surface area contributed by atoms with Gasteiger partial charge in [0.2, 0.25) is 0 Å². The zero-order valence-electron chi connectivity index (χ0n) is 14.9. The topological polar surface area (TPSA) is 41.9 Å². The van der Waals surface area contributed by atoms with Gasteiger partial charge in [0.15, 0.2) is 0 Å². The molecule has 0 bridgehead atoms. The Labute approximate surface area is 158 Å². The Morgan fingerprint density at radius 1 is 0.815 bits per heavy atom. The normalized spacial score (nSPS) is 14.8. The Kier molecular flexibility index (Phi) is 4.54. The first-order chi connectivity index (χ1) is 13.2. The van der Waals surface area contributed by atoms with Gasteiger partial charge in [-0.1, -0.05) is 65.8 Å². The highest BCUT2D eigenvalue weighted by molar-refractivity contribution is 6.31. The maximum atomic E-state index is 12.1. The van der Waals surface area contributed by atoms with Crippen molar-refractivity contribution >= 4 is 29.1 Å². The third-order valence-electron chi connectivity index (χ3n) is 4.48. The molecule has 0 saturated carbocycles. The monoisotopic (exact) mass is 354 g/mol. The SMILES string of the molecule is CN(c1ccccc1)c1ccc(/C=C2\C(=O)ON=C2c2ccccc2)cc1. The first kappa shape index (κ1) is 16.8. The van der Waals surface area contributed by atoms with Crippen LogP contribution in [-0.2, 0) is 9.63 Å². The average Bonchev–Trinajstić information content (AvgIpc) is 3.09. The Bertz CT molecular complexity index is 1010. The van der Waals surface area contributed by atoms with Gasteiger partial charge in [-0.3, -0.25) is 0 Å². The van der Waals surface area contributed by atoms with Crippen molar-refractivity contribution in [2.24, 2.45) is 5.16 Å². The smallest absolute Gasteiger partial charge is 0.345 e. The fraction of sp³-hybridized carbons (Fsp3) is 0.0435. The predicted molar refractivity (Wildman–Crippen MR) is 108 cm³/mol. The van der Waals surface area contributed by atoms with E-state index in [1.807, 2.05) is 85.9 Å². The maximum absolute atomic E-state index is 12.1. The molecule has 0 N–H and O–H groups in total. The number of benzene rings is 3. The maximum Gasteiger partial charge on any atom is 0.368 e. The largest absolute Gasteiger partial charge is 0.368 e. The number of hydrogen-bond acceptors (Lipinski definition) is 4. The van der Waals surface area contributed by atoms with Crippen LogP contribution in [-0.4, -0.2) is 18.7 Å². The predicted octanol–water partition coefficient (Wildman–Crippen LogP) is 4.80. The highest BCUT2D eigenvalue weighted by atomic mass is 16.7. The van der Waals surface area contributed by atoms with Crippen molar-refractivity contribution in [1.82, 2.24) is 0 Å². The third-order valence-corrected chi connectivity index (χ3v) is 4.48. The van der Waals surface area contributed by atoms with Crippen LogP contribution in [0, 0.1) is 0 Å². The van der Waals surface area contributed by atoms with Gasteiger partial charge < -0.3 is 9.74 Å². The Morgan fingerprint density at radius 2 is 1.41 bits per heavy atom. The molecule has 0 unspecified atom stereocenters. The lowest BCUT2D eigenvalue weighted by Gasteiger charge is -2.19. The minimum atomic E-state index is -0.431. The van der Waals surface area contributed by atoms with Crippen LogP contribution in [0.2, 0.25) is 0 Å². The van der Waals surface area contributed by atoms with E-state index in [0.717, 1.165) is 22.5 Å². The van der Waals surface area contributed by atoms with Crippen LogP contribution in [0.1, 0.15) is 11.1 Å². The number of para-hydroxylation sites is 1. The van der Waals surface area contributed by atoms with Crippen LogP contribution in [0.5, 0.6) is 0 Å². The van der Waals surface area contributed by atoms with Crippen molar-refractivity contribution in [1.29, 1.82) is 0 Å². The molecule has 1 heterocycles. The third kappa shape index (κ3) is 3.51. The van der Waals surface area contributed by atoms with E-state index in [1.54, 1.807) is 0 Å². The van der Waals surface area contributed by atoms with E-state index in [9.17, 15) is 4.79 Å². The fourth-order valence-corrected chi connectivity index (χ4v) is 2.98. The lowest BCUT2D eigenvalue weighted by molar-refractivity contribution is -0.136. The van der Waals surface area contributed by atoms with E-state index in [1.165, 1.54) is 0 Å². The highest BCUT2D eigenvalue weighted by Gasteiger charge is 2.26.